The summed E-state index contributed by atoms with van der Waals surface area (Å²) in [5, 5.41) is 0. The van der Waals surface area contributed by atoms with E-state index in [4.69, 9.17) is 4.74 Å². The zero-order chi connectivity index (χ0) is 14.3. The van der Waals surface area contributed by atoms with Gasteiger partial charge in [-0.1, -0.05) is 12.1 Å². The van der Waals surface area contributed by atoms with Crippen LogP contribution >= 0.6 is 0 Å². The van der Waals surface area contributed by atoms with Crippen molar-refractivity contribution in [2.75, 3.05) is 13.7 Å². The molecule has 0 unspecified atom stereocenters. The first-order chi connectivity index (χ1) is 9.06. The largest absolute Gasteiger partial charge is 0.494 e. The van der Waals surface area contributed by atoms with Crippen LogP contribution in [-0.4, -0.2) is 31.3 Å². The molecule has 0 saturated carbocycles. The van der Waals surface area contributed by atoms with Crippen LogP contribution in [0.5, 0.6) is 5.75 Å². The van der Waals surface area contributed by atoms with E-state index in [0.29, 0.717) is 6.61 Å². The zero-order valence-electron chi connectivity index (χ0n) is 11.0. The van der Waals surface area contributed by atoms with Gasteiger partial charge in [-0.25, -0.2) is 4.79 Å². The maximum Gasteiger partial charge on any atom is 0.374 e. The van der Waals surface area contributed by atoms with Crippen LogP contribution in [0.25, 0.3) is 0 Å². The summed E-state index contributed by atoms with van der Waals surface area (Å²) in [6.07, 6.45) is -0.324. The molecule has 102 valence electrons. The van der Waals surface area contributed by atoms with Crippen LogP contribution in [0.15, 0.2) is 24.3 Å². The number of esters is 1. The number of rotatable bonds is 7. The molecule has 5 nitrogen and oxygen atoms in total. The highest BCUT2D eigenvalue weighted by atomic mass is 16.5. The smallest absolute Gasteiger partial charge is 0.374 e. The summed E-state index contributed by atoms with van der Waals surface area (Å²) in [5.74, 6) is -1.40. The highest BCUT2D eigenvalue weighted by molar-refractivity contribution is 6.37. The van der Waals surface area contributed by atoms with Gasteiger partial charge in [0.1, 0.15) is 11.5 Å². The fourth-order valence-electron chi connectivity index (χ4n) is 1.53. The molecule has 19 heavy (non-hydrogen) atoms. The Morgan fingerprint density at radius 2 is 1.74 bits per heavy atom. The predicted octanol–water partition coefficient (Wildman–Crippen LogP) is 1.33. The van der Waals surface area contributed by atoms with Crippen LogP contribution in [0.3, 0.4) is 0 Å². The van der Waals surface area contributed by atoms with Crippen LogP contribution in [-0.2, 0) is 25.5 Å². The first kappa shape index (κ1) is 14.9. The average Bonchev–Trinajstić information content (AvgIpc) is 2.40. The summed E-state index contributed by atoms with van der Waals surface area (Å²) in [4.78, 5) is 33.7. The normalized spacial score (nSPS) is 9.79. The van der Waals surface area contributed by atoms with E-state index in [1.165, 1.54) is 0 Å². The Bertz CT molecular complexity index is 461. The summed E-state index contributed by atoms with van der Waals surface area (Å²) < 4.78 is 9.52. The number of Topliss-reactive ketones (excluding diaryl/α,β-unsaturated/α-hetero) is 2. The van der Waals surface area contributed by atoms with Crippen molar-refractivity contribution in [3.05, 3.63) is 29.8 Å². The summed E-state index contributed by atoms with van der Waals surface area (Å²) in [6, 6.07) is 7.03. The molecule has 0 fully saturated rings. The molecule has 1 aromatic rings. The van der Waals surface area contributed by atoms with Crippen LogP contribution in [0, 0.1) is 0 Å². The minimum atomic E-state index is -0.986. The van der Waals surface area contributed by atoms with Gasteiger partial charge in [-0.3, -0.25) is 9.59 Å². The maximum absolute atomic E-state index is 11.6. The van der Waals surface area contributed by atoms with E-state index in [0.717, 1.165) is 18.4 Å². The molecule has 0 aliphatic heterocycles. The molecule has 1 rings (SSSR count). The molecule has 0 aromatic heterocycles. The van der Waals surface area contributed by atoms with E-state index >= 15 is 0 Å². The number of carbonyl (C=O) groups excluding carboxylic acids is 3. The van der Waals surface area contributed by atoms with Crippen molar-refractivity contribution in [1.29, 1.82) is 0 Å². The molecule has 0 amide bonds. The van der Waals surface area contributed by atoms with E-state index in [1.807, 2.05) is 6.92 Å². The lowest BCUT2D eigenvalue weighted by molar-refractivity contribution is -0.152. The van der Waals surface area contributed by atoms with E-state index in [-0.39, 0.29) is 12.2 Å². The van der Waals surface area contributed by atoms with E-state index in [9.17, 15) is 14.4 Å². The molecule has 5 heteroatoms. The quantitative estimate of drug-likeness (QED) is 0.422. The fourth-order valence-corrected chi connectivity index (χ4v) is 1.53. The van der Waals surface area contributed by atoms with Gasteiger partial charge in [-0.2, -0.15) is 0 Å². The topological polar surface area (TPSA) is 69.7 Å². The van der Waals surface area contributed by atoms with Gasteiger partial charge in [0.2, 0.25) is 5.78 Å². The van der Waals surface area contributed by atoms with Gasteiger partial charge in [0, 0.05) is 6.42 Å². The second-order valence-electron chi connectivity index (χ2n) is 3.88. The summed E-state index contributed by atoms with van der Waals surface area (Å²) >= 11 is 0. The number of ketones is 2. The molecule has 0 N–H and O–H groups in total. The monoisotopic (exact) mass is 264 g/mol. The molecular formula is C14H16O5. The zero-order valence-corrected chi connectivity index (χ0v) is 11.0. The fraction of sp³-hybridized carbons (Fsp3) is 0.357. The number of carbonyl (C=O) groups is 3. The Morgan fingerprint density at radius 1 is 1.11 bits per heavy atom. The van der Waals surface area contributed by atoms with Crippen molar-refractivity contribution in [2.24, 2.45) is 0 Å². The predicted molar refractivity (Wildman–Crippen MR) is 68.0 cm³/mol. The molecule has 0 aliphatic carbocycles. The van der Waals surface area contributed by atoms with Crippen LogP contribution in [0.4, 0.5) is 0 Å². The minimum absolute atomic E-state index is 0.106. The van der Waals surface area contributed by atoms with Gasteiger partial charge in [-0.15, -0.1) is 0 Å². The molecule has 1 aromatic carbocycles. The van der Waals surface area contributed by atoms with Crippen LogP contribution in [0.2, 0.25) is 0 Å². The third-order valence-corrected chi connectivity index (χ3v) is 2.41. The Labute approximate surface area is 111 Å². The average molecular weight is 264 g/mol. The van der Waals surface area contributed by atoms with Crippen LogP contribution < -0.4 is 4.74 Å². The van der Waals surface area contributed by atoms with Crippen LogP contribution in [0.1, 0.15) is 18.9 Å². The maximum atomic E-state index is 11.6. The first-order valence-electron chi connectivity index (χ1n) is 5.91. The highest BCUT2D eigenvalue weighted by Crippen LogP contribution is 2.13. The summed E-state index contributed by atoms with van der Waals surface area (Å²) in [6.45, 7) is 2.46. The van der Waals surface area contributed by atoms with Crippen molar-refractivity contribution >= 4 is 17.5 Å². The SMILES string of the molecule is CCOc1ccc(CC(=O)CC(=O)C(=O)OC)cc1. The molecule has 0 atom stereocenters. The second kappa shape index (κ2) is 7.31. The molecule has 0 spiro atoms. The molecule has 0 heterocycles. The lowest BCUT2D eigenvalue weighted by Gasteiger charge is -2.04. The van der Waals surface area contributed by atoms with Gasteiger partial charge >= 0.3 is 5.97 Å². The molecule has 0 bridgehead atoms. The Morgan fingerprint density at radius 3 is 2.26 bits per heavy atom. The van der Waals surface area contributed by atoms with E-state index in [1.54, 1.807) is 24.3 Å². The number of hydrogen-bond acceptors (Lipinski definition) is 5. The standard InChI is InChI=1S/C14H16O5/c1-3-19-12-6-4-10(5-7-12)8-11(15)9-13(16)14(17)18-2/h4-7H,3,8-9H2,1-2H3. The van der Waals surface area contributed by atoms with Crippen molar-refractivity contribution in [3.63, 3.8) is 0 Å². The van der Waals surface area contributed by atoms with Gasteiger partial charge in [0.15, 0.2) is 0 Å². The second-order valence-corrected chi connectivity index (χ2v) is 3.88. The van der Waals surface area contributed by atoms with Gasteiger partial charge in [-0.05, 0) is 24.6 Å². The van der Waals surface area contributed by atoms with Crippen molar-refractivity contribution in [3.8, 4) is 5.75 Å². The van der Waals surface area contributed by atoms with Gasteiger partial charge in [0.25, 0.3) is 0 Å². The Hall–Kier alpha value is -2.17. The molecule has 0 aliphatic rings. The van der Waals surface area contributed by atoms with Gasteiger partial charge < -0.3 is 9.47 Å². The number of methoxy groups -OCH3 is 1. The van der Waals surface area contributed by atoms with E-state index in [2.05, 4.69) is 4.74 Å². The van der Waals surface area contributed by atoms with Gasteiger partial charge in [0.05, 0.1) is 20.1 Å². The summed E-state index contributed by atoms with van der Waals surface area (Å²) in [5.41, 5.74) is 0.770. The highest BCUT2D eigenvalue weighted by Gasteiger charge is 2.18. The summed E-state index contributed by atoms with van der Waals surface area (Å²) in [7, 11) is 1.11. The van der Waals surface area contributed by atoms with Crippen molar-refractivity contribution < 1.29 is 23.9 Å². The van der Waals surface area contributed by atoms with Crippen molar-refractivity contribution in [1.82, 2.24) is 0 Å². The molecule has 0 radical (unpaired) electrons. The number of ether oxygens (including phenoxy) is 2. The van der Waals surface area contributed by atoms with Crippen molar-refractivity contribution in [2.45, 2.75) is 19.8 Å². The third-order valence-electron chi connectivity index (χ3n) is 2.41. The third kappa shape index (κ3) is 4.91. The Balaban J connectivity index is 2.52. The lowest BCUT2D eigenvalue weighted by Crippen LogP contribution is -2.20. The lowest BCUT2D eigenvalue weighted by atomic mass is 10.1. The molecular weight excluding hydrogens is 248 g/mol. The minimum Gasteiger partial charge on any atom is -0.494 e. The molecule has 0 saturated heterocycles. The van der Waals surface area contributed by atoms with E-state index < -0.39 is 18.2 Å². The Kier molecular flexibility index (Phi) is 5.73. The number of hydrogen-bond donors (Lipinski definition) is 0. The first-order valence-corrected chi connectivity index (χ1v) is 5.91. The number of benzene rings is 1.